The fourth-order valence-electron chi connectivity index (χ4n) is 4.63. The number of rotatable bonds is 7. The lowest BCUT2D eigenvalue weighted by atomic mass is 9.86. The van der Waals surface area contributed by atoms with Crippen LogP contribution >= 0.6 is 0 Å². The highest BCUT2D eigenvalue weighted by Crippen LogP contribution is 2.39. The average molecular weight is 513 g/mol. The van der Waals surface area contributed by atoms with Crippen LogP contribution in [0.2, 0.25) is 0 Å². The van der Waals surface area contributed by atoms with E-state index in [9.17, 15) is 14.4 Å². The summed E-state index contributed by atoms with van der Waals surface area (Å²) < 4.78 is 27.6. The summed E-state index contributed by atoms with van der Waals surface area (Å²) in [5, 5.41) is 0.636. The van der Waals surface area contributed by atoms with Gasteiger partial charge in [-0.3, -0.25) is 14.4 Å². The maximum Gasteiger partial charge on any atom is 0.306 e. The quantitative estimate of drug-likeness (QED) is 0.271. The van der Waals surface area contributed by atoms with E-state index < -0.39 is 11.9 Å². The smallest absolute Gasteiger partial charge is 0.306 e. The molecule has 38 heavy (non-hydrogen) atoms. The fourth-order valence-corrected chi connectivity index (χ4v) is 4.63. The SMILES string of the molecule is COC(=O)C[C@@H](c1coc2ccccc2c1=O)c1c(OC)ccc2c(=O)c(-c3ccc(OC)cc3)coc12. The standard InChI is InChI=1S/C30H24O8/c1-34-18-10-8-17(9-11-18)22-15-38-30-20(29(22)33)12-13-25(35-2)27(30)21(14-26(31)36-3)23-16-37-24-7-5-4-6-19(24)28(23)32/h4-13,15-16,21H,14H2,1-3H3/t21-/m0/s1. The second-order valence-corrected chi connectivity index (χ2v) is 8.61. The summed E-state index contributed by atoms with van der Waals surface area (Å²) in [5.74, 6) is -0.430. The lowest BCUT2D eigenvalue weighted by molar-refractivity contribution is -0.140. The molecule has 0 aliphatic rings. The Labute approximate surface area is 217 Å². The van der Waals surface area contributed by atoms with E-state index in [-0.39, 0.29) is 33.8 Å². The van der Waals surface area contributed by atoms with Gasteiger partial charge in [0.05, 0.1) is 50.3 Å². The summed E-state index contributed by atoms with van der Waals surface area (Å²) in [6.07, 6.45) is 2.49. The minimum absolute atomic E-state index is 0.202. The van der Waals surface area contributed by atoms with Gasteiger partial charge in [-0.15, -0.1) is 0 Å². The van der Waals surface area contributed by atoms with Crippen LogP contribution in [0.1, 0.15) is 23.5 Å². The molecule has 0 N–H and O–H groups in total. The largest absolute Gasteiger partial charge is 0.497 e. The van der Waals surface area contributed by atoms with Crippen molar-refractivity contribution >= 4 is 27.9 Å². The maximum absolute atomic E-state index is 13.6. The molecule has 0 fully saturated rings. The van der Waals surface area contributed by atoms with Crippen LogP contribution in [-0.4, -0.2) is 27.3 Å². The van der Waals surface area contributed by atoms with Gasteiger partial charge in [-0.05, 0) is 42.0 Å². The summed E-state index contributed by atoms with van der Waals surface area (Å²) in [5.41, 5.74) is 1.62. The minimum atomic E-state index is -0.878. The van der Waals surface area contributed by atoms with Gasteiger partial charge in [0.1, 0.15) is 28.9 Å². The van der Waals surface area contributed by atoms with Gasteiger partial charge in [0.15, 0.2) is 5.43 Å². The second kappa shape index (κ2) is 10.3. The number of para-hydroxylation sites is 1. The number of benzene rings is 3. The van der Waals surface area contributed by atoms with Crippen LogP contribution in [0.3, 0.4) is 0 Å². The van der Waals surface area contributed by atoms with Crippen molar-refractivity contribution in [2.24, 2.45) is 0 Å². The van der Waals surface area contributed by atoms with Crippen molar-refractivity contribution in [2.45, 2.75) is 12.3 Å². The van der Waals surface area contributed by atoms with Crippen molar-refractivity contribution in [2.75, 3.05) is 21.3 Å². The van der Waals surface area contributed by atoms with Crippen LogP contribution in [0.15, 0.2) is 91.6 Å². The van der Waals surface area contributed by atoms with Crippen molar-refractivity contribution in [3.05, 3.63) is 105 Å². The molecular formula is C30H24O8. The van der Waals surface area contributed by atoms with E-state index >= 15 is 0 Å². The predicted octanol–water partition coefficient (Wildman–Crippen LogP) is 5.28. The summed E-state index contributed by atoms with van der Waals surface area (Å²) >= 11 is 0. The molecule has 0 saturated carbocycles. The molecule has 8 nitrogen and oxygen atoms in total. The van der Waals surface area contributed by atoms with Crippen LogP contribution in [-0.2, 0) is 9.53 Å². The van der Waals surface area contributed by atoms with E-state index in [1.807, 2.05) is 0 Å². The molecule has 2 heterocycles. The molecule has 0 bridgehead atoms. The molecule has 0 radical (unpaired) electrons. The van der Waals surface area contributed by atoms with Crippen LogP contribution in [0.25, 0.3) is 33.1 Å². The number of hydrogen-bond acceptors (Lipinski definition) is 8. The zero-order valence-corrected chi connectivity index (χ0v) is 21.0. The van der Waals surface area contributed by atoms with Crippen LogP contribution in [0.5, 0.6) is 11.5 Å². The first kappa shape index (κ1) is 24.8. The first-order valence-electron chi connectivity index (χ1n) is 11.8. The van der Waals surface area contributed by atoms with Gasteiger partial charge in [0, 0.05) is 17.0 Å². The number of carbonyl (C=O) groups excluding carboxylic acids is 1. The predicted molar refractivity (Wildman–Crippen MR) is 142 cm³/mol. The molecule has 0 amide bonds. The van der Waals surface area contributed by atoms with Crippen molar-refractivity contribution in [3.8, 4) is 22.6 Å². The number of esters is 1. The van der Waals surface area contributed by atoms with Crippen molar-refractivity contribution in [1.82, 2.24) is 0 Å². The zero-order chi connectivity index (χ0) is 26.8. The third kappa shape index (κ3) is 4.30. The average Bonchev–Trinajstić information content (AvgIpc) is 2.96. The van der Waals surface area contributed by atoms with E-state index in [4.69, 9.17) is 23.0 Å². The highest BCUT2D eigenvalue weighted by Gasteiger charge is 2.30. The number of ether oxygens (including phenoxy) is 3. The van der Waals surface area contributed by atoms with Gasteiger partial charge in [-0.25, -0.2) is 0 Å². The number of fused-ring (bicyclic) bond motifs is 2. The Morgan fingerprint density at radius 2 is 1.58 bits per heavy atom. The van der Waals surface area contributed by atoms with Gasteiger partial charge in [-0.1, -0.05) is 24.3 Å². The molecule has 3 aromatic carbocycles. The van der Waals surface area contributed by atoms with Crippen LogP contribution in [0, 0.1) is 0 Å². The molecule has 2 aromatic heterocycles. The highest BCUT2D eigenvalue weighted by molar-refractivity contribution is 5.88. The Morgan fingerprint density at radius 1 is 0.816 bits per heavy atom. The minimum Gasteiger partial charge on any atom is -0.497 e. The van der Waals surface area contributed by atoms with E-state index in [0.29, 0.717) is 39.2 Å². The molecule has 0 aliphatic heterocycles. The molecular weight excluding hydrogens is 488 g/mol. The van der Waals surface area contributed by atoms with E-state index in [1.54, 1.807) is 67.8 Å². The van der Waals surface area contributed by atoms with Crippen molar-refractivity contribution in [1.29, 1.82) is 0 Å². The maximum atomic E-state index is 13.6. The number of methoxy groups -OCH3 is 3. The lowest BCUT2D eigenvalue weighted by Gasteiger charge is -2.20. The molecule has 1 atom stereocenters. The summed E-state index contributed by atoms with van der Waals surface area (Å²) in [7, 11) is 4.30. The first-order chi connectivity index (χ1) is 18.5. The molecule has 8 heteroatoms. The molecule has 192 valence electrons. The summed E-state index contributed by atoms with van der Waals surface area (Å²) in [4.78, 5) is 39.7. The van der Waals surface area contributed by atoms with E-state index in [0.717, 1.165) is 0 Å². The number of hydrogen-bond donors (Lipinski definition) is 0. The summed E-state index contributed by atoms with van der Waals surface area (Å²) in [6, 6.07) is 17.1. The zero-order valence-electron chi connectivity index (χ0n) is 21.0. The fraction of sp³-hybridized carbons (Fsp3) is 0.167. The molecule has 5 rings (SSSR count). The van der Waals surface area contributed by atoms with Gasteiger partial charge >= 0.3 is 5.97 Å². The molecule has 0 unspecified atom stereocenters. The van der Waals surface area contributed by atoms with Crippen LogP contribution in [0.4, 0.5) is 0 Å². The Hall–Kier alpha value is -4.85. The normalized spacial score (nSPS) is 11.9. The summed E-state index contributed by atoms with van der Waals surface area (Å²) in [6.45, 7) is 0. The Morgan fingerprint density at radius 3 is 2.29 bits per heavy atom. The monoisotopic (exact) mass is 512 g/mol. The topological polar surface area (TPSA) is 105 Å². The van der Waals surface area contributed by atoms with E-state index in [2.05, 4.69) is 0 Å². The van der Waals surface area contributed by atoms with Gasteiger partial charge < -0.3 is 23.0 Å². The highest BCUT2D eigenvalue weighted by atomic mass is 16.5. The lowest BCUT2D eigenvalue weighted by Crippen LogP contribution is -2.19. The van der Waals surface area contributed by atoms with Crippen molar-refractivity contribution < 1.29 is 27.8 Å². The molecule has 0 saturated heterocycles. The van der Waals surface area contributed by atoms with Gasteiger partial charge in [0.2, 0.25) is 5.43 Å². The third-order valence-corrected chi connectivity index (χ3v) is 6.59. The molecule has 5 aromatic rings. The Kier molecular flexibility index (Phi) is 6.70. The van der Waals surface area contributed by atoms with Gasteiger partial charge in [-0.2, -0.15) is 0 Å². The first-order valence-corrected chi connectivity index (χ1v) is 11.8. The second-order valence-electron chi connectivity index (χ2n) is 8.61. The van der Waals surface area contributed by atoms with Gasteiger partial charge in [0.25, 0.3) is 0 Å². The Bertz CT molecular complexity index is 1760. The van der Waals surface area contributed by atoms with Crippen LogP contribution < -0.4 is 20.3 Å². The van der Waals surface area contributed by atoms with E-state index in [1.165, 1.54) is 26.7 Å². The number of carbonyl (C=O) groups is 1. The molecule has 0 aliphatic carbocycles. The van der Waals surface area contributed by atoms with Crippen molar-refractivity contribution in [3.63, 3.8) is 0 Å². The Balaban J connectivity index is 1.76. The third-order valence-electron chi connectivity index (χ3n) is 6.59. The molecule has 0 spiro atoms.